The Morgan fingerprint density at radius 1 is 1.17 bits per heavy atom. The maximum absolute atomic E-state index is 12.0. The van der Waals surface area contributed by atoms with E-state index in [4.69, 9.17) is 0 Å². The summed E-state index contributed by atoms with van der Waals surface area (Å²) in [6.45, 7) is 0.221. The lowest BCUT2D eigenvalue weighted by molar-refractivity contribution is 0.0968. The van der Waals surface area contributed by atoms with Crippen molar-refractivity contribution in [1.82, 2.24) is 19.5 Å². The van der Waals surface area contributed by atoms with Gasteiger partial charge in [-0.15, -0.1) is 0 Å². The zero-order chi connectivity index (χ0) is 12.4. The van der Waals surface area contributed by atoms with Crippen molar-refractivity contribution in [2.45, 2.75) is 6.54 Å². The number of fused-ring (bicyclic) bond motifs is 1. The highest BCUT2D eigenvalue weighted by Crippen LogP contribution is 2.12. The Balaban J connectivity index is 1.91. The van der Waals surface area contributed by atoms with Crippen molar-refractivity contribution in [2.24, 2.45) is 0 Å². The molecule has 0 atom stereocenters. The van der Waals surface area contributed by atoms with Crippen LogP contribution in [0.1, 0.15) is 10.5 Å². The van der Waals surface area contributed by atoms with E-state index in [1.165, 1.54) is 12.4 Å². The number of aromatic nitrogens is 4. The summed E-state index contributed by atoms with van der Waals surface area (Å²) >= 11 is 0. The Bertz CT molecular complexity index is 690. The van der Waals surface area contributed by atoms with Crippen LogP contribution in [0.2, 0.25) is 0 Å². The van der Waals surface area contributed by atoms with Gasteiger partial charge in [-0.2, -0.15) is 0 Å². The van der Waals surface area contributed by atoms with Gasteiger partial charge in [0.05, 0.1) is 30.1 Å². The highest BCUT2D eigenvalue weighted by molar-refractivity contribution is 5.94. The van der Waals surface area contributed by atoms with Crippen LogP contribution in [0.25, 0.3) is 11.0 Å². The maximum atomic E-state index is 12.0. The molecule has 0 aliphatic carbocycles. The summed E-state index contributed by atoms with van der Waals surface area (Å²) < 4.78 is 1.81. The quantitative estimate of drug-likeness (QED) is 0.652. The van der Waals surface area contributed by atoms with Crippen LogP contribution in [-0.4, -0.2) is 25.3 Å². The van der Waals surface area contributed by atoms with Crippen molar-refractivity contribution in [3.05, 3.63) is 54.9 Å². The van der Waals surface area contributed by atoms with Crippen molar-refractivity contribution in [3.8, 4) is 0 Å². The Morgan fingerprint density at radius 3 is 2.89 bits per heavy atom. The number of rotatable bonds is 3. The Kier molecular flexibility index (Phi) is 2.57. The fourth-order valence-corrected chi connectivity index (χ4v) is 1.82. The number of nitrogens with zero attached hydrogens (tertiary/aromatic N) is 4. The average molecular weight is 238 g/mol. The minimum Gasteiger partial charge on any atom is -0.323 e. The summed E-state index contributed by atoms with van der Waals surface area (Å²) in [4.78, 5) is 24.1. The molecule has 18 heavy (non-hydrogen) atoms. The number of para-hydroxylation sites is 2. The van der Waals surface area contributed by atoms with Crippen LogP contribution < -0.4 is 0 Å². The van der Waals surface area contributed by atoms with Crippen LogP contribution in [0.4, 0.5) is 0 Å². The van der Waals surface area contributed by atoms with Gasteiger partial charge in [0.1, 0.15) is 5.69 Å². The molecule has 0 saturated heterocycles. The Hall–Kier alpha value is -2.56. The predicted octanol–water partition coefficient (Wildman–Crippen LogP) is 1.71. The summed E-state index contributed by atoms with van der Waals surface area (Å²) in [5.41, 5.74) is 2.19. The molecule has 2 aromatic heterocycles. The Morgan fingerprint density at radius 2 is 2.06 bits per heavy atom. The first-order valence-corrected chi connectivity index (χ1v) is 5.54. The van der Waals surface area contributed by atoms with Gasteiger partial charge in [-0.3, -0.25) is 9.78 Å². The molecular weight excluding hydrogens is 228 g/mol. The second-order valence-corrected chi connectivity index (χ2v) is 3.88. The van der Waals surface area contributed by atoms with Gasteiger partial charge in [-0.05, 0) is 12.1 Å². The van der Waals surface area contributed by atoms with Crippen molar-refractivity contribution >= 4 is 16.8 Å². The van der Waals surface area contributed by atoms with Gasteiger partial charge in [0, 0.05) is 12.4 Å². The van der Waals surface area contributed by atoms with E-state index < -0.39 is 0 Å². The molecular formula is C13H10N4O. The third kappa shape index (κ3) is 1.86. The SMILES string of the molecule is O=C(Cn1cnc2ccccc21)c1cnccn1. The van der Waals surface area contributed by atoms with E-state index >= 15 is 0 Å². The molecule has 0 amide bonds. The fourth-order valence-electron chi connectivity index (χ4n) is 1.82. The standard InChI is InChI=1S/C13H10N4O/c18-13(11-7-14-5-6-15-11)8-17-9-16-10-3-1-2-4-12(10)17/h1-7,9H,8H2. The number of carbonyl (C=O) groups excluding carboxylic acids is 1. The van der Waals surface area contributed by atoms with Crippen molar-refractivity contribution in [1.29, 1.82) is 0 Å². The van der Waals surface area contributed by atoms with Crippen molar-refractivity contribution in [2.75, 3.05) is 0 Å². The van der Waals surface area contributed by atoms with Gasteiger partial charge < -0.3 is 4.57 Å². The summed E-state index contributed by atoms with van der Waals surface area (Å²) in [5, 5.41) is 0. The van der Waals surface area contributed by atoms with Gasteiger partial charge in [-0.25, -0.2) is 9.97 Å². The first-order valence-electron chi connectivity index (χ1n) is 5.54. The molecule has 5 heteroatoms. The lowest BCUT2D eigenvalue weighted by atomic mass is 10.2. The van der Waals surface area contributed by atoms with Gasteiger partial charge in [0.15, 0.2) is 0 Å². The summed E-state index contributed by atoms with van der Waals surface area (Å²) in [7, 11) is 0. The van der Waals surface area contributed by atoms with Crippen LogP contribution in [0.15, 0.2) is 49.2 Å². The molecule has 0 bridgehead atoms. The molecule has 0 radical (unpaired) electrons. The van der Waals surface area contributed by atoms with Gasteiger partial charge in [0.25, 0.3) is 0 Å². The molecule has 0 aliphatic rings. The number of ketones is 1. The van der Waals surface area contributed by atoms with E-state index in [0.717, 1.165) is 11.0 Å². The minimum absolute atomic E-state index is 0.0775. The zero-order valence-electron chi connectivity index (χ0n) is 9.52. The molecule has 0 unspecified atom stereocenters. The minimum atomic E-state index is -0.0775. The van der Waals surface area contributed by atoms with E-state index in [-0.39, 0.29) is 12.3 Å². The van der Waals surface area contributed by atoms with Crippen LogP contribution >= 0.6 is 0 Å². The first kappa shape index (κ1) is 10.6. The summed E-state index contributed by atoms with van der Waals surface area (Å²) in [6.07, 6.45) is 6.20. The Labute approximate surface area is 103 Å². The monoisotopic (exact) mass is 238 g/mol. The smallest absolute Gasteiger partial charge is 0.202 e. The highest BCUT2D eigenvalue weighted by Gasteiger charge is 2.10. The molecule has 0 N–H and O–H groups in total. The normalized spacial score (nSPS) is 10.7. The molecule has 0 fully saturated rings. The molecule has 88 valence electrons. The van der Waals surface area contributed by atoms with E-state index in [0.29, 0.717) is 5.69 Å². The number of carbonyl (C=O) groups is 1. The summed E-state index contributed by atoms with van der Waals surface area (Å²) in [5.74, 6) is -0.0775. The van der Waals surface area contributed by atoms with E-state index in [1.807, 2.05) is 28.8 Å². The number of Topliss-reactive ketones (excluding diaryl/α,β-unsaturated/α-hetero) is 1. The van der Waals surface area contributed by atoms with Gasteiger partial charge in [-0.1, -0.05) is 12.1 Å². The molecule has 3 aromatic rings. The number of hydrogen-bond donors (Lipinski definition) is 0. The van der Waals surface area contributed by atoms with E-state index in [9.17, 15) is 4.79 Å². The number of imidazole rings is 1. The van der Waals surface area contributed by atoms with Crippen LogP contribution in [0, 0.1) is 0 Å². The summed E-state index contributed by atoms with van der Waals surface area (Å²) in [6, 6.07) is 7.70. The first-order chi connectivity index (χ1) is 8.84. The predicted molar refractivity (Wildman–Crippen MR) is 66.1 cm³/mol. The molecule has 0 spiro atoms. The van der Waals surface area contributed by atoms with Gasteiger partial charge in [0.2, 0.25) is 5.78 Å². The van der Waals surface area contributed by atoms with Crippen molar-refractivity contribution < 1.29 is 4.79 Å². The maximum Gasteiger partial charge on any atom is 0.202 e. The molecule has 0 aliphatic heterocycles. The molecule has 5 nitrogen and oxygen atoms in total. The van der Waals surface area contributed by atoms with Gasteiger partial charge >= 0.3 is 0 Å². The molecule has 3 rings (SSSR count). The van der Waals surface area contributed by atoms with E-state index in [2.05, 4.69) is 15.0 Å². The average Bonchev–Trinajstić information content (AvgIpc) is 2.83. The molecule has 2 heterocycles. The van der Waals surface area contributed by atoms with Crippen LogP contribution in [-0.2, 0) is 6.54 Å². The molecule has 0 saturated carbocycles. The lowest BCUT2D eigenvalue weighted by Gasteiger charge is -2.02. The van der Waals surface area contributed by atoms with Crippen molar-refractivity contribution in [3.63, 3.8) is 0 Å². The third-order valence-electron chi connectivity index (χ3n) is 2.69. The topological polar surface area (TPSA) is 60.7 Å². The lowest BCUT2D eigenvalue weighted by Crippen LogP contribution is -2.11. The number of hydrogen-bond acceptors (Lipinski definition) is 4. The second-order valence-electron chi connectivity index (χ2n) is 3.88. The van der Waals surface area contributed by atoms with Crippen LogP contribution in [0.3, 0.4) is 0 Å². The fraction of sp³-hybridized carbons (Fsp3) is 0.0769. The largest absolute Gasteiger partial charge is 0.323 e. The van der Waals surface area contributed by atoms with E-state index in [1.54, 1.807) is 12.5 Å². The second kappa shape index (κ2) is 4.37. The third-order valence-corrected chi connectivity index (χ3v) is 2.69. The van der Waals surface area contributed by atoms with Crippen LogP contribution in [0.5, 0.6) is 0 Å². The number of benzene rings is 1. The zero-order valence-corrected chi connectivity index (χ0v) is 9.52. The highest BCUT2D eigenvalue weighted by atomic mass is 16.1. The molecule has 1 aromatic carbocycles.